The molecule has 0 unspecified atom stereocenters. The zero-order chi connectivity index (χ0) is 14.4. The first-order chi connectivity index (χ1) is 8.90. The average molecular weight is 280 g/mol. The van der Waals surface area contributed by atoms with E-state index in [1.807, 2.05) is 32.0 Å². The Morgan fingerprint density at radius 3 is 2.63 bits per heavy atom. The maximum absolute atomic E-state index is 11.8. The smallest absolute Gasteiger partial charge is 0.260 e. The molecule has 0 aliphatic heterocycles. The molecule has 0 bridgehead atoms. The van der Waals surface area contributed by atoms with E-state index in [2.05, 4.69) is 0 Å². The number of aryl methyl sites for hydroxylation is 2. The normalized spacial score (nSPS) is 10.1. The minimum atomic E-state index is -0.0884. The molecule has 104 valence electrons. The van der Waals surface area contributed by atoms with E-state index in [0.29, 0.717) is 23.7 Å². The number of nitrogens with zero attached hydrogens (tertiary/aromatic N) is 1. The van der Waals surface area contributed by atoms with Crippen LogP contribution in [-0.4, -0.2) is 36.0 Å². The van der Waals surface area contributed by atoms with Crippen LogP contribution in [0.5, 0.6) is 5.75 Å². The van der Waals surface area contributed by atoms with Crippen LogP contribution in [0, 0.1) is 13.8 Å². The molecular formula is C14H20N2O2S. The zero-order valence-corrected chi connectivity index (χ0v) is 12.4. The van der Waals surface area contributed by atoms with E-state index in [1.165, 1.54) is 5.56 Å². The van der Waals surface area contributed by atoms with Crippen LogP contribution < -0.4 is 10.5 Å². The quantitative estimate of drug-likeness (QED) is 0.808. The Hall–Kier alpha value is -1.62. The van der Waals surface area contributed by atoms with Gasteiger partial charge in [0, 0.05) is 20.0 Å². The Morgan fingerprint density at radius 1 is 1.37 bits per heavy atom. The fourth-order valence-corrected chi connectivity index (χ4v) is 1.55. The summed E-state index contributed by atoms with van der Waals surface area (Å²) >= 11 is 4.78. The maximum atomic E-state index is 11.8. The van der Waals surface area contributed by atoms with Gasteiger partial charge in [-0.1, -0.05) is 18.3 Å². The first kappa shape index (κ1) is 15.4. The third-order valence-corrected chi connectivity index (χ3v) is 3.16. The number of nitrogens with two attached hydrogens (primary N) is 1. The number of likely N-dealkylation sites (N-methyl/N-ethyl adjacent to an activating group) is 1. The number of carbonyl (C=O) groups is 1. The van der Waals surface area contributed by atoms with Crippen molar-refractivity contribution in [1.29, 1.82) is 0 Å². The number of amides is 1. The van der Waals surface area contributed by atoms with Crippen molar-refractivity contribution in [1.82, 2.24) is 4.90 Å². The lowest BCUT2D eigenvalue weighted by atomic mass is 10.1. The van der Waals surface area contributed by atoms with E-state index >= 15 is 0 Å². The van der Waals surface area contributed by atoms with Crippen LogP contribution in [0.25, 0.3) is 0 Å². The van der Waals surface area contributed by atoms with E-state index in [-0.39, 0.29) is 12.5 Å². The van der Waals surface area contributed by atoms with Gasteiger partial charge in [-0.05, 0) is 37.1 Å². The maximum Gasteiger partial charge on any atom is 0.260 e. The van der Waals surface area contributed by atoms with Crippen LogP contribution in [0.3, 0.4) is 0 Å². The highest BCUT2D eigenvalue weighted by molar-refractivity contribution is 7.80. The van der Waals surface area contributed by atoms with Crippen molar-refractivity contribution in [2.24, 2.45) is 5.73 Å². The molecule has 0 saturated carbocycles. The minimum Gasteiger partial charge on any atom is -0.484 e. The second kappa shape index (κ2) is 7.09. The first-order valence-electron chi connectivity index (χ1n) is 6.12. The Balaban J connectivity index is 2.44. The molecule has 0 radical (unpaired) electrons. The van der Waals surface area contributed by atoms with Crippen molar-refractivity contribution < 1.29 is 9.53 Å². The summed E-state index contributed by atoms with van der Waals surface area (Å²) in [6.07, 6.45) is 0.529. The summed E-state index contributed by atoms with van der Waals surface area (Å²) < 4.78 is 5.48. The second-order valence-corrected chi connectivity index (χ2v) is 5.09. The molecule has 1 rings (SSSR count). The van der Waals surface area contributed by atoms with Gasteiger partial charge in [-0.15, -0.1) is 0 Å². The van der Waals surface area contributed by atoms with Gasteiger partial charge in [0.25, 0.3) is 5.91 Å². The highest BCUT2D eigenvalue weighted by Crippen LogP contribution is 2.16. The van der Waals surface area contributed by atoms with Gasteiger partial charge in [0.15, 0.2) is 6.61 Å². The molecule has 5 heteroatoms. The number of benzene rings is 1. The standard InChI is InChI=1S/C14H20N2O2S/c1-10-4-5-12(8-11(10)2)18-9-14(17)16(3)7-6-13(15)19/h4-5,8H,6-7,9H2,1-3H3,(H2,15,19). The monoisotopic (exact) mass is 280 g/mol. The molecule has 0 atom stereocenters. The molecule has 0 fully saturated rings. The lowest BCUT2D eigenvalue weighted by molar-refractivity contribution is -0.131. The summed E-state index contributed by atoms with van der Waals surface area (Å²) in [5.41, 5.74) is 7.75. The van der Waals surface area contributed by atoms with Crippen LogP contribution >= 0.6 is 12.2 Å². The summed E-state index contributed by atoms with van der Waals surface area (Å²) in [7, 11) is 1.71. The van der Waals surface area contributed by atoms with Crippen molar-refractivity contribution in [2.45, 2.75) is 20.3 Å². The summed E-state index contributed by atoms with van der Waals surface area (Å²) in [5, 5.41) is 0. The van der Waals surface area contributed by atoms with Crippen LogP contribution in [0.1, 0.15) is 17.5 Å². The highest BCUT2D eigenvalue weighted by atomic mass is 32.1. The van der Waals surface area contributed by atoms with Crippen LogP contribution in [-0.2, 0) is 4.79 Å². The number of hydrogen-bond acceptors (Lipinski definition) is 3. The molecule has 0 heterocycles. The summed E-state index contributed by atoms with van der Waals surface area (Å²) in [6, 6.07) is 5.77. The van der Waals surface area contributed by atoms with E-state index < -0.39 is 0 Å². The lowest BCUT2D eigenvalue weighted by Gasteiger charge is -2.17. The predicted octanol–water partition coefficient (Wildman–Crippen LogP) is 1.82. The van der Waals surface area contributed by atoms with E-state index in [9.17, 15) is 4.79 Å². The summed E-state index contributed by atoms with van der Waals surface area (Å²) in [5.74, 6) is 0.619. The molecule has 0 spiro atoms. The average Bonchev–Trinajstić information content (AvgIpc) is 2.36. The number of rotatable bonds is 6. The third kappa shape index (κ3) is 5.26. The number of thiocarbonyl (C=S) groups is 1. The van der Waals surface area contributed by atoms with Gasteiger partial charge in [-0.3, -0.25) is 4.79 Å². The molecule has 1 aromatic carbocycles. The molecule has 0 saturated heterocycles. The fraction of sp³-hybridized carbons (Fsp3) is 0.429. The second-order valence-electron chi connectivity index (χ2n) is 4.57. The summed E-state index contributed by atoms with van der Waals surface area (Å²) in [4.78, 5) is 13.8. The minimum absolute atomic E-state index is 0.0241. The number of hydrogen-bond donors (Lipinski definition) is 1. The van der Waals surface area contributed by atoms with Gasteiger partial charge in [0.1, 0.15) is 5.75 Å². The lowest BCUT2D eigenvalue weighted by Crippen LogP contribution is -2.33. The molecule has 0 aromatic heterocycles. The Labute approximate surface area is 119 Å². The Morgan fingerprint density at radius 2 is 2.05 bits per heavy atom. The molecule has 2 N–H and O–H groups in total. The number of carbonyl (C=O) groups excluding carboxylic acids is 1. The SMILES string of the molecule is Cc1ccc(OCC(=O)N(C)CCC(N)=S)cc1C. The van der Waals surface area contributed by atoms with Crippen LogP contribution in [0.4, 0.5) is 0 Å². The van der Waals surface area contributed by atoms with E-state index in [1.54, 1.807) is 11.9 Å². The largest absolute Gasteiger partial charge is 0.484 e. The van der Waals surface area contributed by atoms with E-state index in [0.717, 1.165) is 5.56 Å². The molecule has 0 aliphatic rings. The molecule has 0 aliphatic carbocycles. The molecule has 1 amide bonds. The van der Waals surface area contributed by atoms with Gasteiger partial charge in [0.2, 0.25) is 0 Å². The molecule has 4 nitrogen and oxygen atoms in total. The van der Waals surface area contributed by atoms with Crippen molar-refractivity contribution in [3.8, 4) is 5.75 Å². The van der Waals surface area contributed by atoms with E-state index in [4.69, 9.17) is 22.7 Å². The summed E-state index contributed by atoms with van der Waals surface area (Å²) in [6.45, 7) is 4.59. The molecule has 19 heavy (non-hydrogen) atoms. The Kier molecular flexibility index (Phi) is 5.76. The first-order valence-corrected chi connectivity index (χ1v) is 6.53. The fourth-order valence-electron chi connectivity index (χ4n) is 1.46. The van der Waals surface area contributed by atoms with Gasteiger partial charge >= 0.3 is 0 Å². The van der Waals surface area contributed by atoms with Crippen LogP contribution in [0.2, 0.25) is 0 Å². The van der Waals surface area contributed by atoms with Gasteiger partial charge in [0.05, 0.1) is 4.99 Å². The van der Waals surface area contributed by atoms with Gasteiger partial charge < -0.3 is 15.4 Å². The van der Waals surface area contributed by atoms with Gasteiger partial charge in [-0.25, -0.2) is 0 Å². The zero-order valence-electron chi connectivity index (χ0n) is 11.6. The van der Waals surface area contributed by atoms with Gasteiger partial charge in [-0.2, -0.15) is 0 Å². The molecule has 1 aromatic rings. The Bertz CT molecular complexity index is 475. The number of ether oxygens (including phenoxy) is 1. The van der Waals surface area contributed by atoms with Crippen molar-refractivity contribution >= 4 is 23.1 Å². The topological polar surface area (TPSA) is 55.6 Å². The van der Waals surface area contributed by atoms with Crippen molar-refractivity contribution in [3.63, 3.8) is 0 Å². The van der Waals surface area contributed by atoms with Crippen molar-refractivity contribution in [2.75, 3.05) is 20.2 Å². The van der Waals surface area contributed by atoms with Crippen molar-refractivity contribution in [3.05, 3.63) is 29.3 Å². The van der Waals surface area contributed by atoms with Crippen LogP contribution in [0.15, 0.2) is 18.2 Å². The third-order valence-electron chi connectivity index (χ3n) is 2.96. The highest BCUT2D eigenvalue weighted by Gasteiger charge is 2.09. The molecular weight excluding hydrogens is 260 g/mol. The predicted molar refractivity (Wildman–Crippen MR) is 80.5 cm³/mol.